The first-order chi connectivity index (χ1) is 14.0. The van der Waals surface area contributed by atoms with Crippen LogP contribution in [-0.4, -0.2) is 62.9 Å². The van der Waals surface area contributed by atoms with E-state index in [0.717, 1.165) is 16.8 Å². The maximum atomic E-state index is 12.7. The Morgan fingerprint density at radius 3 is 2.83 bits per heavy atom. The van der Waals surface area contributed by atoms with Gasteiger partial charge in [0.1, 0.15) is 0 Å². The van der Waals surface area contributed by atoms with Crippen molar-refractivity contribution in [1.82, 2.24) is 25.3 Å². The molecule has 1 unspecified atom stereocenters. The molecule has 0 spiro atoms. The highest BCUT2D eigenvalue weighted by atomic mass is 16.5. The molecule has 3 aromatic rings. The second-order valence-electron chi connectivity index (χ2n) is 6.99. The molecule has 29 heavy (non-hydrogen) atoms. The number of carbonyl (C=O) groups excluding carboxylic acids is 2. The number of hydrogen-bond acceptors (Lipinski definition) is 5. The number of anilines is 1. The molecule has 1 atom stereocenters. The third-order valence-corrected chi connectivity index (χ3v) is 4.97. The fourth-order valence-electron chi connectivity index (χ4n) is 3.33. The summed E-state index contributed by atoms with van der Waals surface area (Å²) in [5.41, 5.74) is 4.13. The van der Waals surface area contributed by atoms with Gasteiger partial charge in [-0.25, -0.2) is 0 Å². The van der Waals surface area contributed by atoms with Gasteiger partial charge in [0.15, 0.2) is 11.9 Å². The summed E-state index contributed by atoms with van der Waals surface area (Å²) in [5.74, 6) is -0.0980. The van der Waals surface area contributed by atoms with Gasteiger partial charge in [0, 0.05) is 23.9 Å². The summed E-state index contributed by atoms with van der Waals surface area (Å²) in [5, 5.41) is 16.5. The van der Waals surface area contributed by atoms with Crippen molar-refractivity contribution in [2.24, 2.45) is 0 Å². The molecule has 4 rings (SSSR count). The van der Waals surface area contributed by atoms with Gasteiger partial charge >= 0.3 is 0 Å². The van der Waals surface area contributed by atoms with Gasteiger partial charge in [0.25, 0.3) is 11.8 Å². The molecule has 0 aliphatic carbocycles. The minimum absolute atomic E-state index is 0.168. The lowest BCUT2D eigenvalue weighted by atomic mass is 10.1. The maximum absolute atomic E-state index is 12.7. The second kappa shape index (κ2) is 7.88. The summed E-state index contributed by atoms with van der Waals surface area (Å²) in [7, 11) is 0. The molecule has 1 aliphatic heterocycles. The fraction of sp³-hybridized carbons (Fsp3) is 0.300. The highest BCUT2D eigenvalue weighted by Gasteiger charge is 2.31. The molecule has 1 aromatic carbocycles. The van der Waals surface area contributed by atoms with Crippen LogP contribution in [0.15, 0.2) is 36.5 Å². The third-order valence-electron chi connectivity index (χ3n) is 4.97. The van der Waals surface area contributed by atoms with E-state index in [1.165, 1.54) is 6.20 Å². The van der Waals surface area contributed by atoms with Crippen LogP contribution in [0.1, 0.15) is 21.6 Å². The number of nitrogens with one attached hydrogen (secondary N) is 3. The topological polar surface area (TPSA) is 116 Å². The normalized spacial score (nSPS) is 16.6. The van der Waals surface area contributed by atoms with E-state index in [1.54, 1.807) is 17.9 Å². The number of rotatable bonds is 4. The number of H-pyrrole nitrogens is 2. The number of aromatic amines is 2. The van der Waals surface area contributed by atoms with Crippen molar-refractivity contribution < 1.29 is 14.3 Å². The number of benzene rings is 1. The molecular weight excluding hydrogens is 372 g/mol. The zero-order chi connectivity index (χ0) is 20.4. The fourth-order valence-corrected chi connectivity index (χ4v) is 3.33. The van der Waals surface area contributed by atoms with Crippen LogP contribution in [0.2, 0.25) is 0 Å². The van der Waals surface area contributed by atoms with Crippen LogP contribution in [-0.2, 0) is 9.53 Å². The molecule has 3 heterocycles. The summed E-state index contributed by atoms with van der Waals surface area (Å²) in [6, 6.07) is 9.69. The Balaban J connectivity index is 1.42. The van der Waals surface area contributed by atoms with Gasteiger partial charge in [-0.1, -0.05) is 24.3 Å². The van der Waals surface area contributed by atoms with Gasteiger partial charge < -0.3 is 15.0 Å². The zero-order valence-electron chi connectivity index (χ0n) is 16.2. The Kier molecular flexibility index (Phi) is 5.13. The van der Waals surface area contributed by atoms with Crippen molar-refractivity contribution in [3.8, 4) is 11.3 Å². The lowest BCUT2D eigenvalue weighted by Crippen LogP contribution is -2.50. The van der Waals surface area contributed by atoms with E-state index >= 15 is 0 Å². The standard InChI is InChI=1S/C20H22N6O3/c1-12-5-3-4-6-14(12)16-9-18(25-24-16)22-19(27)17-11-26(7-8-29-17)20(28)15-10-21-23-13(15)2/h3-6,9-10,17H,7-8,11H2,1-2H3,(H,21,23)(H2,22,24,25,27). The molecule has 150 valence electrons. The first-order valence-corrected chi connectivity index (χ1v) is 9.36. The predicted molar refractivity (Wildman–Crippen MR) is 106 cm³/mol. The first-order valence-electron chi connectivity index (χ1n) is 9.36. The minimum atomic E-state index is -0.765. The van der Waals surface area contributed by atoms with Gasteiger partial charge in [0.05, 0.1) is 30.6 Å². The summed E-state index contributed by atoms with van der Waals surface area (Å²) < 4.78 is 5.58. The maximum Gasteiger partial charge on any atom is 0.257 e. The predicted octanol–water partition coefficient (Wildman–Crippen LogP) is 1.90. The Bertz CT molecular complexity index is 1040. The molecule has 9 nitrogen and oxygen atoms in total. The van der Waals surface area contributed by atoms with E-state index in [-0.39, 0.29) is 25.0 Å². The van der Waals surface area contributed by atoms with Crippen LogP contribution in [0.25, 0.3) is 11.3 Å². The first kappa shape index (κ1) is 18.9. The Morgan fingerprint density at radius 1 is 1.24 bits per heavy atom. The van der Waals surface area contributed by atoms with E-state index in [0.29, 0.717) is 23.6 Å². The zero-order valence-corrected chi connectivity index (χ0v) is 16.2. The molecule has 2 aromatic heterocycles. The van der Waals surface area contributed by atoms with E-state index < -0.39 is 6.10 Å². The van der Waals surface area contributed by atoms with E-state index in [4.69, 9.17) is 4.74 Å². The number of amides is 2. The van der Waals surface area contributed by atoms with E-state index in [1.807, 2.05) is 31.2 Å². The Morgan fingerprint density at radius 2 is 2.07 bits per heavy atom. The molecule has 0 radical (unpaired) electrons. The summed E-state index contributed by atoms with van der Waals surface area (Å²) in [4.78, 5) is 26.9. The average Bonchev–Trinajstić information content (AvgIpc) is 3.37. The molecule has 9 heteroatoms. The molecular formula is C20H22N6O3. The second-order valence-corrected chi connectivity index (χ2v) is 6.99. The summed E-state index contributed by atoms with van der Waals surface area (Å²) >= 11 is 0. The molecule has 0 saturated carbocycles. The quantitative estimate of drug-likeness (QED) is 0.625. The molecule has 1 fully saturated rings. The molecule has 1 saturated heterocycles. The Hall–Kier alpha value is -3.46. The van der Waals surface area contributed by atoms with Crippen LogP contribution in [0.4, 0.5) is 5.82 Å². The molecule has 1 aliphatic rings. The third kappa shape index (κ3) is 3.90. The monoisotopic (exact) mass is 394 g/mol. The number of hydrogen-bond donors (Lipinski definition) is 3. The minimum Gasteiger partial charge on any atom is -0.365 e. The van der Waals surface area contributed by atoms with E-state index in [9.17, 15) is 9.59 Å². The van der Waals surface area contributed by atoms with E-state index in [2.05, 4.69) is 25.7 Å². The van der Waals surface area contributed by atoms with Crippen molar-refractivity contribution in [2.75, 3.05) is 25.0 Å². The Labute approximate surface area is 167 Å². The van der Waals surface area contributed by atoms with Gasteiger partial charge in [-0.2, -0.15) is 10.2 Å². The number of aromatic nitrogens is 4. The van der Waals surface area contributed by atoms with Gasteiger partial charge in [0.2, 0.25) is 0 Å². The SMILES string of the molecule is Cc1ccccc1-c1cc(NC(=O)C2CN(C(=O)c3cn[nH]c3C)CCO2)n[nH]1. The molecule has 2 amide bonds. The van der Waals surface area contributed by atoms with Gasteiger partial charge in [-0.3, -0.25) is 19.8 Å². The van der Waals surface area contributed by atoms with Crippen molar-refractivity contribution in [3.63, 3.8) is 0 Å². The molecule has 0 bridgehead atoms. The highest BCUT2D eigenvalue weighted by Crippen LogP contribution is 2.23. The van der Waals surface area contributed by atoms with Crippen molar-refractivity contribution in [3.05, 3.63) is 53.3 Å². The molecule has 3 N–H and O–H groups in total. The smallest absolute Gasteiger partial charge is 0.257 e. The lowest BCUT2D eigenvalue weighted by Gasteiger charge is -2.32. The summed E-state index contributed by atoms with van der Waals surface area (Å²) in [6.07, 6.45) is 0.734. The van der Waals surface area contributed by atoms with Crippen LogP contribution < -0.4 is 5.32 Å². The van der Waals surface area contributed by atoms with Crippen LogP contribution in [0.5, 0.6) is 0 Å². The van der Waals surface area contributed by atoms with Gasteiger partial charge in [-0.15, -0.1) is 0 Å². The highest BCUT2D eigenvalue weighted by molar-refractivity contribution is 5.97. The van der Waals surface area contributed by atoms with Crippen LogP contribution >= 0.6 is 0 Å². The van der Waals surface area contributed by atoms with Gasteiger partial charge in [-0.05, 0) is 19.4 Å². The van der Waals surface area contributed by atoms with Crippen LogP contribution in [0.3, 0.4) is 0 Å². The average molecular weight is 394 g/mol. The number of ether oxygens (including phenoxy) is 1. The van der Waals surface area contributed by atoms with Crippen molar-refractivity contribution in [1.29, 1.82) is 0 Å². The van der Waals surface area contributed by atoms with Crippen LogP contribution in [0, 0.1) is 13.8 Å². The largest absolute Gasteiger partial charge is 0.365 e. The number of aryl methyl sites for hydroxylation is 2. The van der Waals surface area contributed by atoms with Crippen molar-refractivity contribution >= 4 is 17.6 Å². The number of nitrogens with zero attached hydrogens (tertiary/aromatic N) is 3. The number of carbonyl (C=O) groups is 2. The number of morpholine rings is 1. The van der Waals surface area contributed by atoms with Crippen molar-refractivity contribution in [2.45, 2.75) is 20.0 Å². The summed E-state index contributed by atoms with van der Waals surface area (Å²) in [6.45, 7) is 4.68. The lowest BCUT2D eigenvalue weighted by molar-refractivity contribution is -0.131.